The van der Waals surface area contributed by atoms with Gasteiger partial charge >= 0.3 is 5.97 Å². The summed E-state index contributed by atoms with van der Waals surface area (Å²) in [6, 6.07) is -0.975. The van der Waals surface area contributed by atoms with Gasteiger partial charge in [-0.2, -0.15) is 0 Å². The maximum absolute atomic E-state index is 10.5. The molecule has 0 rings (SSSR count). The van der Waals surface area contributed by atoms with E-state index < -0.39 is 17.6 Å². The highest BCUT2D eigenvalue weighted by atomic mass is 16.7. The lowest BCUT2D eigenvalue weighted by molar-refractivity contribution is -0.232. The van der Waals surface area contributed by atoms with Gasteiger partial charge < -0.3 is 5.11 Å². The molecule has 0 aliphatic carbocycles. The van der Waals surface area contributed by atoms with Crippen molar-refractivity contribution in [3.05, 3.63) is 0 Å². The summed E-state index contributed by atoms with van der Waals surface area (Å²) < 4.78 is 0. The summed E-state index contributed by atoms with van der Waals surface area (Å²) in [5.41, 5.74) is -0.579. The van der Waals surface area contributed by atoms with E-state index in [1.807, 2.05) is 0 Å². The first-order valence-electron chi connectivity index (χ1n) is 3.93. The fourth-order valence-corrected chi connectivity index (χ4v) is 0.617. The number of amides is 1. The maximum Gasteiger partial charge on any atom is 0.328 e. The predicted octanol–water partition coefficient (Wildman–Crippen LogP) is 0.648. The van der Waals surface area contributed by atoms with Crippen LogP contribution >= 0.6 is 0 Å². The molecule has 0 radical (unpaired) electrons. The van der Waals surface area contributed by atoms with Crippen molar-refractivity contribution in [3.63, 3.8) is 0 Å². The number of aliphatic carboxylic acids is 1. The standard InChI is InChI=1S/C8H15NO4/c1-6(7(11)12)9(5-10)13-8(2,3)4/h5-6H,1-4H3,(H,11,12). The van der Waals surface area contributed by atoms with E-state index in [9.17, 15) is 9.59 Å². The molecule has 0 aromatic rings. The molecule has 0 aliphatic heterocycles. The fourth-order valence-electron chi connectivity index (χ4n) is 0.617. The van der Waals surface area contributed by atoms with Gasteiger partial charge in [0.2, 0.25) is 6.41 Å². The van der Waals surface area contributed by atoms with Crippen molar-refractivity contribution in [2.75, 3.05) is 0 Å². The van der Waals surface area contributed by atoms with Crippen LogP contribution < -0.4 is 0 Å². The van der Waals surface area contributed by atoms with Gasteiger partial charge in [0.1, 0.15) is 0 Å². The average molecular weight is 189 g/mol. The zero-order chi connectivity index (χ0) is 10.6. The second-order valence-electron chi connectivity index (χ2n) is 3.68. The summed E-state index contributed by atoms with van der Waals surface area (Å²) in [5, 5.41) is 9.39. The third-order valence-corrected chi connectivity index (χ3v) is 1.22. The average Bonchev–Trinajstić information content (AvgIpc) is 1.97. The normalized spacial score (nSPS) is 13.5. The molecule has 0 fully saturated rings. The summed E-state index contributed by atoms with van der Waals surface area (Å²) in [7, 11) is 0. The minimum atomic E-state index is -1.10. The van der Waals surface area contributed by atoms with Crippen LogP contribution in [0.25, 0.3) is 0 Å². The highest BCUT2D eigenvalue weighted by Gasteiger charge is 2.24. The SMILES string of the molecule is CC(C(=O)O)N(C=O)OC(C)(C)C. The molecular formula is C8H15NO4. The molecule has 0 bridgehead atoms. The molecule has 1 unspecified atom stereocenters. The highest BCUT2D eigenvalue weighted by Crippen LogP contribution is 2.11. The van der Waals surface area contributed by atoms with Crippen molar-refractivity contribution < 1.29 is 19.5 Å². The van der Waals surface area contributed by atoms with Gasteiger partial charge in [0.05, 0.1) is 5.60 Å². The van der Waals surface area contributed by atoms with Gasteiger partial charge in [-0.15, -0.1) is 0 Å². The number of rotatable bonds is 4. The van der Waals surface area contributed by atoms with Crippen molar-refractivity contribution >= 4 is 12.4 Å². The van der Waals surface area contributed by atoms with E-state index in [4.69, 9.17) is 9.94 Å². The second-order valence-corrected chi connectivity index (χ2v) is 3.68. The number of hydrogen-bond donors (Lipinski definition) is 1. The van der Waals surface area contributed by atoms with E-state index in [-0.39, 0.29) is 0 Å². The quantitative estimate of drug-likeness (QED) is 0.520. The van der Waals surface area contributed by atoms with E-state index in [2.05, 4.69) is 0 Å². The molecule has 0 aromatic carbocycles. The minimum Gasteiger partial charge on any atom is -0.480 e. The Labute approximate surface area is 77.2 Å². The van der Waals surface area contributed by atoms with Crippen molar-refractivity contribution in [1.29, 1.82) is 0 Å². The van der Waals surface area contributed by atoms with Crippen molar-refractivity contribution in [1.82, 2.24) is 5.06 Å². The zero-order valence-corrected chi connectivity index (χ0v) is 8.27. The molecule has 5 nitrogen and oxygen atoms in total. The van der Waals surface area contributed by atoms with Crippen LogP contribution in [0, 0.1) is 0 Å². The van der Waals surface area contributed by atoms with Crippen LogP contribution in [0.15, 0.2) is 0 Å². The van der Waals surface area contributed by atoms with E-state index in [0.717, 1.165) is 5.06 Å². The number of carbonyl (C=O) groups excluding carboxylic acids is 1. The highest BCUT2D eigenvalue weighted by molar-refractivity contribution is 5.75. The first-order valence-corrected chi connectivity index (χ1v) is 3.93. The molecule has 13 heavy (non-hydrogen) atoms. The topological polar surface area (TPSA) is 66.8 Å². The smallest absolute Gasteiger partial charge is 0.328 e. The first-order chi connectivity index (χ1) is 5.78. The van der Waals surface area contributed by atoms with E-state index in [0.29, 0.717) is 6.41 Å². The Kier molecular flexibility index (Phi) is 3.87. The summed E-state index contributed by atoms with van der Waals surface area (Å²) in [6.45, 7) is 6.58. The van der Waals surface area contributed by atoms with Gasteiger partial charge in [-0.25, -0.2) is 9.86 Å². The first kappa shape index (κ1) is 11.9. The van der Waals surface area contributed by atoms with Gasteiger partial charge in [0.15, 0.2) is 6.04 Å². The van der Waals surface area contributed by atoms with Crippen molar-refractivity contribution in [3.8, 4) is 0 Å². The Morgan fingerprint density at radius 3 is 2.23 bits per heavy atom. The lowest BCUT2D eigenvalue weighted by Gasteiger charge is -2.28. The molecule has 0 spiro atoms. The minimum absolute atomic E-state index is 0.365. The summed E-state index contributed by atoms with van der Waals surface area (Å²) in [6.07, 6.45) is 0.365. The molecular weight excluding hydrogens is 174 g/mol. The summed E-state index contributed by atoms with van der Waals surface area (Å²) >= 11 is 0. The molecule has 0 saturated carbocycles. The van der Waals surface area contributed by atoms with Crippen LogP contribution in [-0.2, 0) is 14.4 Å². The third kappa shape index (κ3) is 4.47. The van der Waals surface area contributed by atoms with Gasteiger partial charge in [0, 0.05) is 0 Å². The maximum atomic E-state index is 10.5. The van der Waals surface area contributed by atoms with Gasteiger partial charge in [-0.05, 0) is 27.7 Å². The molecule has 5 heteroatoms. The molecule has 0 aliphatic rings. The monoisotopic (exact) mass is 189 g/mol. The predicted molar refractivity (Wildman–Crippen MR) is 45.8 cm³/mol. The zero-order valence-electron chi connectivity index (χ0n) is 8.27. The Bertz CT molecular complexity index is 197. The van der Waals surface area contributed by atoms with E-state index >= 15 is 0 Å². The van der Waals surface area contributed by atoms with E-state index in [1.54, 1.807) is 20.8 Å². The lowest BCUT2D eigenvalue weighted by Crippen LogP contribution is -2.42. The van der Waals surface area contributed by atoms with Crippen molar-refractivity contribution in [2.45, 2.75) is 39.3 Å². The van der Waals surface area contributed by atoms with Crippen LogP contribution in [0.2, 0.25) is 0 Å². The van der Waals surface area contributed by atoms with E-state index in [1.165, 1.54) is 6.92 Å². The Balaban J connectivity index is 4.35. The molecule has 1 atom stereocenters. The van der Waals surface area contributed by atoms with Crippen LogP contribution in [0.3, 0.4) is 0 Å². The number of hydrogen-bond acceptors (Lipinski definition) is 3. The molecule has 0 saturated heterocycles. The molecule has 1 N–H and O–H groups in total. The number of nitrogens with zero attached hydrogens (tertiary/aromatic N) is 1. The molecule has 0 heterocycles. The summed E-state index contributed by atoms with van der Waals surface area (Å²) in [4.78, 5) is 26.1. The fraction of sp³-hybridized carbons (Fsp3) is 0.750. The largest absolute Gasteiger partial charge is 0.480 e. The van der Waals surface area contributed by atoms with Crippen molar-refractivity contribution in [2.24, 2.45) is 0 Å². The van der Waals surface area contributed by atoms with Gasteiger partial charge in [0.25, 0.3) is 0 Å². The molecule has 1 amide bonds. The molecule has 76 valence electrons. The summed E-state index contributed by atoms with van der Waals surface area (Å²) in [5.74, 6) is -1.10. The van der Waals surface area contributed by atoms with Crippen LogP contribution in [0.5, 0.6) is 0 Å². The Morgan fingerprint density at radius 1 is 1.54 bits per heavy atom. The Morgan fingerprint density at radius 2 is 2.00 bits per heavy atom. The second kappa shape index (κ2) is 4.23. The Hall–Kier alpha value is -1.10. The lowest BCUT2D eigenvalue weighted by atomic mass is 10.2. The van der Waals surface area contributed by atoms with Crippen LogP contribution in [-0.4, -0.2) is 34.2 Å². The van der Waals surface area contributed by atoms with Crippen LogP contribution in [0.1, 0.15) is 27.7 Å². The van der Waals surface area contributed by atoms with Gasteiger partial charge in [-0.3, -0.25) is 9.63 Å². The number of carboxylic acid groups (broad SMARTS) is 1. The number of carbonyl (C=O) groups is 2. The molecule has 0 aromatic heterocycles. The number of carboxylic acids is 1. The van der Waals surface area contributed by atoms with Gasteiger partial charge in [-0.1, -0.05) is 0 Å². The number of hydroxylamine groups is 2. The van der Waals surface area contributed by atoms with Crippen LogP contribution in [0.4, 0.5) is 0 Å². The third-order valence-electron chi connectivity index (χ3n) is 1.22.